The number of fused-ring (bicyclic) bond motifs is 2. The fraction of sp³-hybridized carbons (Fsp3) is 0.174. The minimum Gasteiger partial charge on any atom is -0.486 e. The molecule has 33 heavy (non-hydrogen) atoms. The fourth-order valence-corrected chi connectivity index (χ4v) is 3.55. The summed E-state index contributed by atoms with van der Waals surface area (Å²) in [7, 11) is 0. The number of rotatable bonds is 4. The Morgan fingerprint density at radius 2 is 1.82 bits per heavy atom. The first-order valence-electron chi connectivity index (χ1n) is 10.1. The van der Waals surface area contributed by atoms with Crippen molar-refractivity contribution in [2.45, 2.75) is 12.3 Å². The van der Waals surface area contributed by atoms with E-state index in [2.05, 4.69) is 15.4 Å². The molecule has 4 aromatic rings. The Bertz CT molecular complexity index is 1320. The average Bonchev–Trinajstić information content (AvgIpc) is 3.26. The van der Waals surface area contributed by atoms with Crippen LogP contribution in [-0.4, -0.2) is 39.8 Å². The predicted octanol–water partition coefficient (Wildman–Crippen LogP) is 3.98. The second-order valence-corrected chi connectivity index (χ2v) is 7.39. The van der Waals surface area contributed by atoms with Crippen LogP contribution in [0.4, 0.5) is 13.2 Å². The first-order chi connectivity index (χ1) is 15.9. The van der Waals surface area contributed by atoms with E-state index in [-0.39, 0.29) is 30.1 Å². The van der Waals surface area contributed by atoms with Gasteiger partial charge in [-0.25, -0.2) is 9.50 Å². The second kappa shape index (κ2) is 8.12. The van der Waals surface area contributed by atoms with Gasteiger partial charge in [0.15, 0.2) is 22.8 Å². The van der Waals surface area contributed by atoms with Gasteiger partial charge in [-0.3, -0.25) is 4.79 Å². The number of para-hydroxylation sites is 2. The van der Waals surface area contributed by atoms with Gasteiger partial charge >= 0.3 is 6.18 Å². The summed E-state index contributed by atoms with van der Waals surface area (Å²) in [5.41, 5.74) is -0.705. The zero-order valence-electron chi connectivity index (χ0n) is 17.0. The van der Waals surface area contributed by atoms with E-state index in [1.54, 1.807) is 48.5 Å². The smallest absolute Gasteiger partial charge is 0.433 e. The molecule has 1 amide bonds. The van der Waals surface area contributed by atoms with Crippen LogP contribution in [0, 0.1) is 0 Å². The predicted molar refractivity (Wildman–Crippen MR) is 112 cm³/mol. The number of carbonyl (C=O) groups excluding carboxylic acids is 1. The summed E-state index contributed by atoms with van der Waals surface area (Å²) < 4.78 is 53.2. The zero-order chi connectivity index (χ0) is 23.0. The lowest BCUT2D eigenvalue weighted by atomic mass is 10.1. The van der Waals surface area contributed by atoms with Crippen LogP contribution in [0.3, 0.4) is 0 Å². The van der Waals surface area contributed by atoms with Crippen molar-refractivity contribution in [2.24, 2.45) is 0 Å². The number of alkyl halides is 3. The SMILES string of the molecule is O=C(NCC1COc2ccccc2O1)c1cnn2c(C(F)(F)F)cc(-c3ccccc3)nc12. The second-order valence-electron chi connectivity index (χ2n) is 7.39. The molecule has 0 saturated carbocycles. The van der Waals surface area contributed by atoms with Crippen LogP contribution in [-0.2, 0) is 6.18 Å². The van der Waals surface area contributed by atoms with Crippen LogP contribution in [0.5, 0.6) is 11.5 Å². The molecule has 1 unspecified atom stereocenters. The Morgan fingerprint density at radius 1 is 1.09 bits per heavy atom. The standard InChI is InChI=1S/C23H17F3N4O3/c24-23(25,26)20-10-17(14-6-2-1-3-7-14)29-21-16(12-28-30(20)21)22(31)27-11-15-13-32-18-8-4-5-9-19(18)33-15/h1-10,12,15H,11,13H2,(H,27,31). The first-order valence-corrected chi connectivity index (χ1v) is 10.1. The molecule has 2 aromatic heterocycles. The van der Waals surface area contributed by atoms with Crippen molar-refractivity contribution >= 4 is 11.6 Å². The Balaban J connectivity index is 1.43. The van der Waals surface area contributed by atoms with E-state index in [0.29, 0.717) is 21.6 Å². The molecule has 2 aromatic carbocycles. The summed E-state index contributed by atoms with van der Waals surface area (Å²) in [6, 6.07) is 16.5. The van der Waals surface area contributed by atoms with Crippen molar-refractivity contribution in [3.63, 3.8) is 0 Å². The molecule has 168 valence electrons. The molecule has 1 N–H and O–H groups in total. The van der Waals surface area contributed by atoms with E-state index >= 15 is 0 Å². The molecule has 0 spiro atoms. The molecule has 0 saturated heterocycles. The minimum absolute atomic E-state index is 0.0737. The van der Waals surface area contributed by atoms with Gasteiger partial charge in [0.05, 0.1) is 18.4 Å². The molecule has 0 radical (unpaired) electrons. The van der Waals surface area contributed by atoms with Crippen molar-refractivity contribution < 1.29 is 27.4 Å². The molecule has 0 aliphatic carbocycles. The topological polar surface area (TPSA) is 77.8 Å². The summed E-state index contributed by atoms with van der Waals surface area (Å²) in [4.78, 5) is 17.1. The molecule has 1 aliphatic rings. The molecule has 0 fully saturated rings. The van der Waals surface area contributed by atoms with Gasteiger partial charge < -0.3 is 14.8 Å². The highest BCUT2D eigenvalue weighted by Gasteiger charge is 2.36. The number of carbonyl (C=O) groups is 1. The Morgan fingerprint density at radius 3 is 2.58 bits per heavy atom. The number of hydrogen-bond acceptors (Lipinski definition) is 5. The lowest BCUT2D eigenvalue weighted by molar-refractivity contribution is -0.142. The third kappa shape index (κ3) is 4.07. The van der Waals surface area contributed by atoms with E-state index in [4.69, 9.17) is 9.47 Å². The van der Waals surface area contributed by atoms with Gasteiger partial charge in [-0.05, 0) is 18.2 Å². The van der Waals surface area contributed by atoms with Crippen molar-refractivity contribution in [2.75, 3.05) is 13.2 Å². The van der Waals surface area contributed by atoms with Crippen molar-refractivity contribution in [3.05, 3.63) is 78.1 Å². The number of amides is 1. The van der Waals surface area contributed by atoms with E-state index in [0.717, 1.165) is 12.3 Å². The van der Waals surface area contributed by atoms with Crippen molar-refractivity contribution in [1.82, 2.24) is 19.9 Å². The Kier molecular flexibility index (Phi) is 5.12. The summed E-state index contributed by atoms with van der Waals surface area (Å²) in [5.74, 6) is 0.557. The third-order valence-corrected chi connectivity index (χ3v) is 5.13. The molecular formula is C23H17F3N4O3. The maximum absolute atomic E-state index is 13.7. The summed E-state index contributed by atoms with van der Waals surface area (Å²) >= 11 is 0. The number of aromatic nitrogens is 3. The van der Waals surface area contributed by atoms with Gasteiger partial charge in [0, 0.05) is 5.56 Å². The molecule has 5 rings (SSSR count). The minimum atomic E-state index is -4.69. The zero-order valence-corrected chi connectivity index (χ0v) is 17.0. The van der Waals surface area contributed by atoms with Crippen molar-refractivity contribution in [3.8, 4) is 22.8 Å². The first kappa shape index (κ1) is 20.8. The van der Waals surface area contributed by atoms with Gasteiger partial charge in [0.25, 0.3) is 5.91 Å². The normalized spacial score (nSPS) is 15.4. The van der Waals surface area contributed by atoms with Gasteiger partial charge in [0.2, 0.25) is 0 Å². The highest BCUT2D eigenvalue weighted by Crippen LogP contribution is 2.33. The molecule has 1 aliphatic heterocycles. The Labute approximate surface area is 185 Å². The van der Waals surface area contributed by atoms with Crippen molar-refractivity contribution in [1.29, 1.82) is 0 Å². The monoisotopic (exact) mass is 454 g/mol. The maximum Gasteiger partial charge on any atom is 0.433 e. The molecule has 10 heteroatoms. The van der Waals surface area contributed by atoms with E-state index < -0.39 is 23.9 Å². The molecule has 0 bridgehead atoms. The molecular weight excluding hydrogens is 437 g/mol. The quantitative estimate of drug-likeness (QED) is 0.505. The number of nitrogens with zero attached hydrogens (tertiary/aromatic N) is 3. The highest BCUT2D eigenvalue weighted by atomic mass is 19.4. The number of benzene rings is 2. The summed E-state index contributed by atoms with van der Waals surface area (Å²) in [5, 5.41) is 6.46. The Hall–Kier alpha value is -4.08. The number of halogens is 3. The molecule has 7 nitrogen and oxygen atoms in total. The van der Waals surface area contributed by atoms with Crippen LogP contribution < -0.4 is 14.8 Å². The number of nitrogens with one attached hydrogen (secondary N) is 1. The van der Waals surface area contributed by atoms with Gasteiger partial charge in [-0.15, -0.1) is 0 Å². The summed E-state index contributed by atoms with van der Waals surface area (Å²) in [6.07, 6.45) is -4.07. The number of ether oxygens (including phenoxy) is 2. The fourth-order valence-electron chi connectivity index (χ4n) is 3.55. The maximum atomic E-state index is 13.7. The number of hydrogen-bond donors (Lipinski definition) is 1. The third-order valence-electron chi connectivity index (χ3n) is 5.13. The van der Waals surface area contributed by atoms with Crippen LogP contribution >= 0.6 is 0 Å². The molecule has 3 heterocycles. The highest BCUT2D eigenvalue weighted by molar-refractivity contribution is 5.99. The van der Waals surface area contributed by atoms with Gasteiger partial charge in [-0.2, -0.15) is 18.3 Å². The van der Waals surface area contributed by atoms with Crippen LogP contribution in [0.1, 0.15) is 16.1 Å². The van der Waals surface area contributed by atoms with Crippen LogP contribution in [0.2, 0.25) is 0 Å². The van der Waals surface area contributed by atoms with E-state index in [9.17, 15) is 18.0 Å². The largest absolute Gasteiger partial charge is 0.486 e. The van der Waals surface area contributed by atoms with E-state index in [1.165, 1.54) is 0 Å². The van der Waals surface area contributed by atoms with Crippen LogP contribution in [0.15, 0.2) is 66.9 Å². The lowest BCUT2D eigenvalue weighted by Crippen LogP contribution is -2.40. The van der Waals surface area contributed by atoms with Gasteiger partial charge in [-0.1, -0.05) is 42.5 Å². The van der Waals surface area contributed by atoms with E-state index in [1.807, 2.05) is 6.07 Å². The van der Waals surface area contributed by atoms with Crippen LogP contribution in [0.25, 0.3) is 16.9 Å². The van der Waals surface area contributed by atoms with Gasteiger partial charge in [0.1, 0.15) is 18.3 Å². The lowest BCUT2D eigenvalue weighted by Gasteiger charge is -2.26. The molecule has 1 atom stereocenters. The summed E-state index contributed by atoms with van der Waals surface area (Å²) in [6.45, 7) is 0.315. The average molecular weight is 454 g/mol.